The summed E-state index contributed by atoms with van der Waals surface area (Å²) >= 11 is 1.28. The number of nitrogens with zero attached hydrogens (tertiary/aromatic N) is 2. The first-order valence-corrected chi connectivity index (χ1v) is 14.6. The molecular weight excluding hydrogens is 514 g/mol. The molecule has 2 aromatic carbocycles. The molecule has 2 heterocycles. The van der Waals surface area contributed by atoms with Crippen LogP contribution >= 0.6 is 11.8 Å². The molecule has 2 aliphatic rings. The molecule has 0 spiro atoms. The molecule has 0 unspecified atom stereocenters. The average Bonchev–Trinajstić information content (AvgIpc) is 3.28. The van der Waals surface area contributed by atoms with Crippen molar-refractivity contribution < 1.29 is 27.5 Å². The number of hydrogen-bond acceptors (Lipinski definition) is 7. The lowest BCUT2D eigenvalue weighted by Crippen LogP contribution is -2.45. The summed E-state index contributed by atoms with van der Waals surface area (Å²) in [5.41, 5.74) is 0.835. The van der Waals surface area contributed by atoms with Crippen molar-refractivity contribution in [2.75, 3.05) is 23.5 Å². The fourth-order valence-corrected chi connectivity index (χ4v) is 8.20. The van der Waals surface area contributed by atoms with E-state index in [4.69, 9.17) is 9.47 Å². The van der Waals surface area contributed by atoms with Gasteiger partial charge >= 0.3 is 6.09 Å². The fourth-order valence-electron chi connectivity index (χ4n) is 4.28. The molecule has 0 saturated carbocycles. The molecule has 2 aliphatic heterocycles. The van der Waals surface area contributed by atoms with E-state index in [1.807, 2.05) is 47.4 Å². The van der Waals surface area contributed by atoms with E-state index >= 15 is 0 Å². The number of rotatable bonds is 6. The van der Waals surface area contributed by atoms with Crippen molar-refractivity contribution >= 4 is 44.5 Å². The van der Waals surface area contributed by atoms with E-state index < -0.39 is 33.5 Å². The third-order valence-electron chi connectivity index (χ3n) is 5.89. The molecular formula is C26H31N3O6S2. The van der Waals surface area contributed by atoms with Crippen molar-refractivity contribution in [3.63, 3.8) is 0 Å². The van der Waals surface area contributed by atoms with Gasteiger partial charge in [0.05, 0.1) is 24.7 Å². The van der Waals surface area contributed by atoms with Crippen LogP contribution in [0.25, 0.3) is 0 Å². The predicted octanol–water partition coefficient (Wildman–Crippen LogP) is 3.43. The molecule has 0 bridgehead atoms. The molecule has 0 aromatic heterocycles. The second-order valence-electron chi connectivity index (χ2n) is 9.99. The molecule has 9 nitrogen and oxygen atoms in total. The first-order valence-electron chi connectivity index (χ1n) is 11.9. The number of thioether (sulfide) groups is 1. The number of fused-ring (bicyclic) bond motifs is 1. The second-order valence-corrected chi connectivity index (χ2v) is 13.3. The van der Waals surface area contributed by atoms with E-state index in [9.17, 15) is 18.0 Å². The Morgan fingerprint density at radius 3 is 2.41 bits per heavy atom. The van der Waals surface area contributed by atoms with E-state index in [1.165, 1.54) is 11.8 Å². The van der Waals surface area contributed by atoms with Gasteiger partial charge in [0.25, 0.3) is 5.91 Å². The highest BCUT2D eigenvalue weighted by Gasteiger charge is 2.49. The Kier molecular flexibility index (Phi) is 7.84. The van der Waals surface area contributed by atoms with Crippen LogP contribution in [0.15, 0.2) is 59.6 Å². The van der Waals surface area contributed by atoms with Crippen LogP contribution < -0.4 is 15.0 Å². The number of alkyl carbamates (subject to hydrolysis) is 1. The monoisotopic (exact) mass is 545 g/mol. The molecule has 4 rings (SSSR count). The minimum atomic E-state index is -3.20. The van der Waals surface area contributed by atoms with Gasteiger partial charge in [-0.05, 0) is 50.6 Å². The molecule has 2 aromatic rings. The SMILES string of the molecule is COc1ccc(N2C(=NC(=O)[C@H](Cc3ccccc3)NC(=O)OC(C)(C)C)S[C@@H]3CS(=O)(=O)C[C@H]32)cc1. The van der Waals surface area contributed by atoms with Crippen LogP contribution in [-0.2, 0) is 25.8 Å². The number of amidine groups is 1. The van der Waals surface area contributed by atoms with Crippen LogP contribution in [0.4, 0.5) is 10.5 Å². The number of amides is 2. The summed E-state index contributed by atoms with van der Waals surface area (Å²) in [5, 5.41) is 2.83. The number of carbonyl (C=O) groups excluding carboxylic acids is 2. The number of hydrogen-bond donors (Lipinski definition) is 1. The maximum atomic E-state index is 13.5. The summed E-state index contributed by atoms with van der Waals surface area (Å²) in [6.45, 7) is 5.24. The summed E-state index contributed by atoms with van der Waals surface area (Å²) in [6.07, 6.45) is -0.486. The van der Waals surface area contributed by atoms with Crippen LogP contribution in [0.2, 0.25) is 0 Å². The largest absolute Gasteiger partial charge is 0.497 e. The third-order valence-corrected chi connectivity index (χ3v) is 9.10. The predicted molar refractivity (Wildman–Crippen MR) is 145 cm³/mol. The highest BCUT2D eigenvalue weighted by atomic mass is 32.2. The maximum absolute atomic E-state index is 13.5. The van der Waals surface area contributed by atoms with E-state index in [0.29, 0.717) is 16.6 Å². The number of anilines is 1. The zero-order chi connectivity index (χ0) is 26.8. The molecule has 37 heavy (non-hydrogen) atoms. The Labute approximate surface area is 221 Å². The lowest BCUT2D eigenvalue weighted by atomic mass is 10.1. The standard InChI is InChI=1S/C26H31N3O6S2/c1-26(2,3)35-25(31)27-20(14-17-8-6-5-7-9-17)23(30)28-24-29(18-10-12-19(34-4)13-11-18)21-15-37(32,33)16-22(21)36-24/h5-13,20-22H,14-16H2,1-4H3,(H,27,31)/t20-,21+,22+/m0/s1. The van der Waals surface area contributed by atoms with Crippen molar-refractivity contribution in [1.82, 2.24) is 5.32 Å². The average molecular weight is 546 g/mol. The van der Waals surface area contributed by atoms with Crippen molar-refractivity contribution in [3.8, 4) is 5.75 Å². The minimum Gasteiger partial charge on any atom is -0.497 e. The first kappa shape index (κ1) is 27.0. The number of methoxy groups -OCH3 is 1. The highest BCUT2D eigenvalue weighted by molar-refractivity contribution is 8.16. The molecule has 2 saturated heterocycles. The van der Waals surface area contributed by atoms with Gasteiger partial charge < -0.3 is 19.7 Å². The normalized spacial score (nSPS) is 22.4. The smallest absolute Gasteiger partial charge is 0.408 e. The first-order chi connectivity index (χ1) is 17.4. The van der Waals surface area contributed by atoms with Crippen molar-refractivity contribution in [2.45, 2.75) is 50.1 Å². The molecule has 3 atom stereocenters. The summed E-state index contributed by atoms with van der Waals surface area (Å²) in [4.78, 5) is 32.3. The van der Waals surface area contributed by atoms with Crippen molar-refractivity contribution in [2.24, 2.45) is 4.99 Å². The second kappa shape index (κ2) is 10.7. The summed E-state index contributed by atoms with van der Waals surface area (Å²) < 4.78 is 35.4. The maximum Gasteiger partial charge on any atom is 0.408 e. The van der Waals surface area contributed by atoms with Gasteiger partial charge in [0.2, 0.25) is 0 Å². The summed E-state index contributed by atoms with van der Waals surface area (Å²) in [6, 6.07) is 15.2. The molecule has 11 heteroatoms. The van der Waals surface area contributed by atoms with E-state index in [-0.39, 0.29) is 29.2 Å². The Morgan fingerprint density at radius 1 is 1.11 bits per heavy atom. The third kappa shape index (κ3) is 6.84. The van der Waals surface area contributed by atoms with E-state index in [0.717, 1.165) is 5.56 Å². The van der Waals surface area contributed by atoms with Gasteiger partial charge in [0.15, 0.2) is 15.0 Å². The Bertz CT molecular complexity index is 1270. The molecule has 2 amide bonds. The van der Waals surface area contributed by atoms with Gasteiger partial charge in [-0.1, -0.05) is 42.1 Å². The van der Waals surface area contributed by atoms with Crippen LogP contribution in [0.5, 0.6) is 5.75 Å². The molecule has 2 fully saturated rings. The molecule has 0 aliphatic carbocycles. The van der Waals surface area contributed by atoms with Gasteiger partial charge in [0, 0.05) is 17.4 Å². The van der Waals surface area contributed by atoms with Crippen molar-refractivity contribution in [1.29, 1.82) is 0 Å². The minimum absolute atomic E-state index is 0.0196. The lowest BCUT2D eigenvalue weighted by Gasteiger charge is -2.25. The van der Waals surface area contributed by atoms with E-state index in [2.05, 4.69) is 10.3 Å². The molecule has 1 N–H and O–H groups in total. The van der Waals surface area contributed by atoms with Gasteiger partial charge in [-0.15, -0.1) is 0 Å². The highest BCUT2D eigenvalue weighted by Crippen LogP contribution is 2.41. The Hall–Kier alpha value is -3.05. The van der Waals surface area contributed by atoms with Crippen molar-refractivity contribution in [3.05, 3.63) is 60.2 Å². The van der Waals surface area contributed by atoms with Gasteiger partial charge in [-0.2, -0.15) is 4.99 Å². The fraction of sp³-hybridized carbons (Fsp3) is 0.423. The summed E-state index contributed by atoms with van der Waals surface area (Å²) in [7, 11) is -1.64. The van der Waals surface area contributed by atoms with Crippen LogP contribution in [0, 0.1) is 0 Å². The number of aliphatic imine (C=N–C) groups is 1. The van der Waals surface area contributed by atoms with E-state index in [1.54, 1.807) is 40.0 Å². The zero-order valence-electron chi connectivity index (χ0n) is 21.2. The number of sulfone groups is 1. The Balaban J connectivity index is 1.64. The molecule has 0 radical (unpaired) electrons. The Morgan fingerprint density at radius 2 is 1.78 bits per heavy atom. The quantitative estimate of drug-likeness (QED) is 0.587. The molecule has 198 valence electrons. The van der Waals surface area contributed by atoms with Crippen LogP contribution in [-0.4, -0.2) is 67.1 Å². The van der Waals surface area contributed by atoms with Gasteiger partial charge in [-0.3, -0.25) is 4.79 Å². The number of benzene rings is 2. The lowest BCUT2D eigenvalue weighted by molar-refractivity contribution is -0.119. The van der Waals surface area contributed by atoms with Gasteiger partial charge in [-0.25, -0.2) is 13.2 Å². The topological polar surface area (TPSA) is 114 Å². The number of ether oxygens (including phenoxy) is 2. The zero-order valence-corrected chi connectivity index (χ0v) is 22.8. The number of carbonyl (C=O) groups is 2. The summed E-state index contributed by atoms with van der Waals surface area (Å²) in [5.74, 6) is 0.114. The van der Waals surface area contributed by atoms with Crippen LogP contribution in [0.1, 0.15) is 26.3 Å². The van der Waals surface area contributed by atoms with Gasteiger partial charge in [0.1, 0.15) is 17.4 Å². The number of nitrogens with one attached hydrogen (secondary N) is 1. The van der Waals surface area contributed by atoms with Crippen LogP contribution in [0.3, 0.4) is 0 Å².